The predicted octanol–water partition coefficient (Wildman–Crippen LogP) is 4.57. The van der Waals surface area contributed by atoms with Crippen molar-refractivity contribution in [1.29, 1.82) is 0 Å². The molecule has 44 heavy (non-hydrogen) atoms. The summed E-state index contributed by atoms with van der Waals surface area (Å²) >= 11 is 0. The van der Waals surface area contributed by atoms with Crippen molar-refractivity contribution in [2.45, 2.75) is 32.2 Å². The first-order chi connectivity index (χ1) is 21.2. The highest BCUT2D eigenvalue weighted by Gasteiger charge is 2.29. The Hall–Kier alpha value is -4.84. The fourth-order valence-electron chi connectivity index (χ4n) is 5.22. The lowest BCUT2D eigenvalue weighted by Gasteiger charge is -2.32. The Bertz CT molecular complexity index is 1690. The number of aryl methyl sites for hydroxylation is 1. The number of carbonyl (C=O) groups is 3. The van der Waals surface area contributed by atoms with Crippen LogP contribution in [-0.4, -0.2) is 72.2 Å². The summed E-state index contributed by atoms with van der Waals surface area (Å²) in [4.78, 5) is 43.2. The fraction of sp³-hybridized carbons (Fsp3) is 0.312. The molecule has 1 aliphatic rings. The average Bonchev–Trinajstić information content (AvgIpc) is 3.40. The second-order valence-corrected chi connectivity index (χ2v) is 10.4. The molecule has 3 heterocycles. The van der Waals surface area contributed by atoms with Gasteiger partial charge in [0.2, 0.25) is 6.17 Å². The van der Waals surface area contributed by atoms with Crippen LogP contribution in [0.3, 0.4) is 0 Å². The molecule has 2 aromatic carbocycles. The van der Waals surface area contributed by atoms with Gasteiger partial charge in [0.05, 0.1) is 43.3 Å². The molecule has 230 valence electrons. The number of fused-ring (bicyclic) bond motifs is 1. The first-order valence-electron chi connectivity index (χ1n) is 14.0. The molecule has 4 aromatic rings. The van der Waals surface area contributed by atoms with Gasteiger partial charge in [-0.15, -0.1) is 0 Å². The lowest BCUT2D eigenvalue weighted by molar-refractivity contribution is -0.151. The third-order valence-electron chi connectivity index (χ3n) is 7.51. The number of amides is 2. The molecule has 10 nitrogen and oxygen atoms in total. The highest BCUT2D eigenvalue weighted by molar-refractivity contribution is 5.95. The summed E-state index contributed by atoms with van der Waals surface area (Å²) in [7, 11) is 2.72. The van der Waals surface area contributed by atoms with Gasteiger partial charge in [-0.3, -0.25) is 4.79 Å². The maximum absolute atomic E-state index is 15.3. The number of morpholine rings is 1. The van der Waals surface area contributed by atoms with Crippen LogP contribution in [0.25, 0.3) is 16.9 Å². The highest BCUT2D eigenvalue weighted by Crippen LogP contribution is 2.32. The summed E-state index contributed by atoms with van der Waals surface area (Å²) < 4.78 is 48.2. The Balaban J connectivity index is 1.51. The van der Waals surface area contributed by atoms with Crippen molar-refractivity contribution < 1.29 is 37.4 Å². The van der Waals surface area contributed by atoms with Crippen LogP contribution in [0.4, 0.5) is 13.6 Å². The third-order valence-corrected chi connectivity index (χ3v) is 7.51. The molecule has 1 N–H and O–H groups in total. The van der Waals surface area contributed by atoms with Crippen LogP contribution in [0.1, 0.15) is 38.9 Å². The number of imidazole rings is 1. The van der Waals surface area contributed by atoms with Crippen LogP contribution in [0, 0.1) is 12.7 Å². The Morgan fingerprint density at radius 2 is 1.93 bits per heavy atom. The summed E-state index contributed by atoms with van der Waals surface area (Å²) in [6.07, 6.45) is -1.14. The molecule has 12 heteroatoms. The van der Waals surface area contributed by atoms with Crippen molar-refractivity contribution in [2.75, 3.05) is 33.9 Å². The molecule has 0 radical (unpaired) electrons. The molecule has 5 rings (SSSR count). The quantitative estimate of drug-likeness (QED) is 0.293. The number of aromatic nitrogens is 2. The number of hydrogen-bond donors (Lipinski definition) is 1. The second kappa shape index (κ2) is 13.2. The van der Waals surface area contributed by atoms with Gasteiger partial charge in [0.25, 0.3) is 5.91 Å². The summed E-state index contributed by atoms with van der Waals surface area (Å²) in [5, 5.41) is 2.43. The van der Waals surface area contributed by atoms with Gasteiger partial charge in [0.15, 0.2) is 0 Å². The van der Waals surface area contributed by atoms with E-state index in [2.05, 4.69) is 5.32 Å². The summed E-state index contributed by atoms with van der Waals surface area (Å²) in [6, 6.07) is 14.5. The van der Waals surface area contributed by atoms with E-state index in [-0.39, 0.29) is 30.7 Å². The number of pyridine rings is 1. The van der Waals surface area contributed by atoms with Crippen molar-refractivity contribution in [3.05, 3.63) is 94.6 Å². The molecule has 2 aromatic heterocycles. The van der Waals surface area contributed by atoms with Crippen LogP contribution in [0.15, 0.2) is 60.8 Å². The van der Waals surface area contributed by atoms with Crippen molar-refractivity contribution >= 4 is 23.6 Å². The number of rotatable bonds is 8. The fourth-order valence-corrected chi connectivity index (χ4v) is 5.22. The number of nitrogens with zero attached hydrogens (tertiary/aromatic N) is 3. The van der Waals surface area contributed by atoms with E-state index in [1.165, 1.54) is 43.3 Å². The number of esters is 1. The molecule has 2 amide bonds. The molecule has 1 unspecified atom stereocenters. The first-order valence-corrected chi connectivity index (χ1v) is 14.0. The smallest absolute Gasteiger partial charge is 0.409 e. The molecule has 1 aliphatic heterocycles. The van der Waals surface area contributed by atoms with Crippen LogP contribution in [0.2, 0.25) is 0 Å². The SMILES string of the molecule is CNC(=O)c1cc(C)c(-c2nc3cc(C(F)C(=O)OCc4ccccc4)ccn3c2C[C@H]2CN(C(=O)OC)CCO2)cc1F. The molecule has 2 atom stereocenters. The van der Waals surface area contributed by atoms with Gasteiger partial charge in [0.1, 0.15) is 18.1 Å². The zero-order chi connectivity index (χ0) is 31.4. The van der Waals surface area contributed by atoms with Gasteiger partial charge < -0.3 is 28.8 Å². The average molecular weight is 607 g/mol. The third kappa shape index (κ3) is 6.40. The maximum atomic E-state index is 15.3. The topological polar surface area (TPSA) is 111 Å². The number of carbonyl (C=O) groups excluding carboxylic acids is 3. The minimum atomic E-state index is -2.06. The van der Waals surface area contributed by atoms with Gasteiger partial charge in [-0.1, -0.05) is 30.3 Å². The Morgan fingerprint density at radius 1 is 1.16 bits per heavy atom. The normalized spacial score (nSPS) is 15.6. The number of methoxy groups -OCH3 is 1. The molecule has 0 spiro atoms. The summed E-state index contributed by atoms with van der Waals surface area (Å²) in [5.74, 6) is -2.33. The molecule has 0 aliphatic carbocycles. The van der Waals surface area contributed by atoms with E-state index in [1.54, 1.807) is 41.8 Å². The van der Waals surface area contributed by atoms with Crippen molar-refractivity contribution in [3.63, 3.8) is 0 Å². The van der Waals surface area contributed by atoms with Crippen LogP contribution >= 0.6 is 0 Å². The zero-order valence-corrected chi connectivity index (χ0v) is 24.5. The van der Waals surface area contributed by atoms with E-state index in [0.29, 0.717) is 41.3 Å². The monoisotopic (exact) mass is 606 g/mol. The summed E-state index contributed by atoms with van der Waals surface area (Å²) in [5.41, 5.74) is 2.98. The van der Waals surface area contributed by atoms with Crippen molar-refractivity contribution in [1.82, 2.24) is 19.6 Å². The van der Waals surface area contributed by atoms with E-state index in [4.69, 9.17) is 19.2 Å². The zero-order valence-electron chi connectivity index (χ0n) is 24.5. The van der Waals surface area contributed by atoms with Crippen molar-refractivity contribution in [2.24, 2.45) is 0 Å². The van der Waals surface area contributed by atoms with E-state index in [0.717, 1.165) is 5.56 Å². The van der Waals surface area contributed by atoms with Crippen LogP contribution < -0.4 is 5.32 Å². The van der Waals surface area contributed by atoms with E-state index < -0.39 is 36.1 Å². The largest absolute Gasteiger partial charge is 0.458 e. The van der Waals surface area contributed by atoms with Crippen LogP contribution in [0.5, 0.6) is 0 Å². The number of benzene rings is 2. The minimum absolute atomic E-state index is 0.0438. The number of halogens is 2. The van der Waals surface area contributed by atoms with Gasteiger partial charge in [0, 0.05) is 37.3 Å². The molecule has 0 bridgehead atoms. The van der Waals surface area contributed by atoms with Gasteiger partial charge >= 0.3 is 12.1 Å². The highest BCUT2D eigenvalue weighted by atomic mass is 19.1. The van der Waals surface area contributed by atoms with Gasteiger partial charge in [-0.25, -0.2) is 23.4 Å². The Morgan fingerprint density at radius 3 is 2.66 bits per heavy atom. The van der Waals surface area contributed by atoms with Gasteiger partial charge in [-0.05, 0) is 42.3 Å². The molecular weight excluding hydrogens is 574 g/mol. The summed E-state index contributed by atoms with van der Waals surface area (Å²) in [6.45, 7) is 2.58. The Labute approximate surface area is 252 Å². The minimum Gasteiger partial charge on any atom is -0.458 e. The maximum Gasteiger partial charge on any atom is 0.409 e. The van der Waals surface area contributed by atoms with E-state index in [1.807, 2.05) is 6.07 Å². The molecular formula is C32H32F2N4O6. The lowest BCUT2D eigenvalue weighted by atomic mass is 9.98. The standard InChI is InChI=1S/C32H32F2N4O6/c1-19-13-24(30(39)35-2)25(33)16-23(19)29-26(15-22-17-37(11-12-43-22)32(41)42-3)38-10-9-21(14-27(38)36-29)28(34)31(40)44-18-20-7-5-4-6-8-20/h4-10,13-14,16,22,28H,11-12,15,17-18H2,1-3H3,(H,35,39)/t22-,28?/m0/s1. The number of alkyl halides is 1. The number of ether oxygens (including phenoxy) is 3. The van der Waals surface area contributed by atoms with Gasteiger partial charge in [-0.2, -0.15) is 0 Å². The molecule has 1 fully saturated rings. The van der Waals surface area contributed by atoms with Crippen molar-refractivity contribution in [3.8, 4) is 11.3 Å². The molecule has 0 saturated carbocycles. The number of hydrogen-bond acceptors (Lipinski definition) is 7. The van der Waals surface area contributed by atoms with Crippen LogP contribution in [-0.2, 0) is 32.0 Å². The first kappa shape index (κ1) is 30.6. The predicted molar refractivity (Wildman–Crippen MR) is 156 cm³/mol. The molecule has 1 saturated heterocycles. The second-order valence-electron chi connectivity index (χ2n) is 10.4. The van der Waals surface area contributed by atoms with E-state index in [9.17, 15) is 14.4 Å². The van der Waals surface area contributed by atoms with E-state index >= 15 is 8.78 Å². The lowest BCUT2D eigenvalue weighted by Crippen LogP contribution is -2.46. The number of nitrogens with one attached hydrogen (secondary N) is 1. The Kier molecular flexibility index (Phi) is 9.19.